The highest BCUT2D eigenvalue weighted by Crippen LogP contribution is 2.18. The quantitative estimate of drug-likeness (QED) is 0.729. The Balaban J connectivity index is 1.80. The highest BCUT2D eigenvalue weighted by molar-refractivity contribution is 6.31. The van der Waals surface area contributed by atoms with Gasteiger partial charge in [-0.2, -0.15) is 0 Å². The van der Waals surface area contributed by atoms with Crippen LogP contribution in [0.25, 0.3) is 10.9 Å². The number of aromatic nitrogens is 1. The van der Waals surface area contributed by atoms with Crippen LogP contribution in [0.4, 0.5) is 5.69 Å². The first kappa shape index (κ1) is 12.9. The molecule has 2 N–H and O–H groups in total. The van der Waals surface area contributed by atoms with Gasteiger partial charge in [0.2, 0.25) is 0 Å². The van der Waals surface area contributed by atoms with Crippen molar-refractivity contribution < 1.29 is 0 Å². The monoisotopic (exact) mass is 282 g/mol. The van der Waals surface area contributed by atoms with Crippen molar-refractivity contribution in [2.24, 2.45) is 0 Å². The molecule has 0 saturated heterocycles. The van der Waals surface area contributed by atoms with Gasteiger partial charge in [-0.25, -0.2) is 0 Å². The number of anilines is 1. The minimum absolute atomic E-state index is 0.720. The average Bonchev–Trinajstić information content (AvgIpc) is 2.45. The molecule has 2 aromatic carbocycles. The molecule has 0 bridgehead atoms. The molecule has 0 radical (unpaired) electrons. The topological polar surface area (TPSA) is 38.9 Å². The third-order valence-electron chi connectivity index (χ3n) is 3.33. The first-order valence-electron chi connectivity index (χ1n) is 6.60. The van der Waals surface area contributed by atoms with Gasteiger partial charge < -0.3 is 5.73 Å². The molecule has 0 aliphatic carbocycles. The van der Waals surface area contributed by atoms with Crippen LogP contribution in [-0.2, 0) is 12.8 Å². The molecule has 0 unspecified atom stereocenters. The number of hydrogen-bond acceptors (Lipinski definition) is 2. The Kier molecular flexibility index (Phi) is 3.57. The number of nitrogens with zero attached hydrogens (tertiary/aromatic N) is 1. The summed E-state index contributed by atoms with van der Waals surface area (Å²) in [6.07, 6.45) is 1.83. The summed E-state index contributed by atoms with van der Waals surface area (Å²) in [5.74, 6) is 0. The molecule has 3 heteroatoms. The Labute approximate surface area is 123 Å². The van der Waals surface area contributed by atoms with Gasteiger partial charge in [0, 0.05) is 21.8 Å². The number of halogens is 1. The number of pyridine rings is 1. The fourth-order valence-corrected chi connectivity index (χ4v) is 2.46. The second-order valence-electron chi connectivity index (χ2n) is 4.88. The highest BCUT2D eigenvalue weighted by atomic mass is 35.5. The van der Waals surface area contributed by atoms with Crippen LogP contribution in [0.2, 0.25) is 5.02 Å². The molecule has 0 saturated carbocycles. The van der Waals surface area contributed by atoms with E-state index < -0.39 is 0 Å². The van der Waals surface area contributed by atoms with E-state index in [1.807, 2.05) is 36.4 Å². The van der Waals surface area contributed by atoms with Crippen molar-refractivity contribution >= 4 is 28.2 Å². The number of benzene rings is 2. The van der Waals surface area contributed by atoms with Gasteiger partial charge in [0.1, 0.15) is 0 Å². The molecule has 0 atom stereocenters. The zero-order valence-corrected chi connectivity index (χ0v) is 11.8. The number of fused-ring (bicyclic) bond motifs is 1. The minimum Gasteiger partial charge on any atom is -0.399 e. The zero-order valence-electron chi connectivity index (χ0n) is 11.0. The van der Waals surface area contributed by atoms with Crippen molar-refractivity contribution in [1.29, 1.82) is 0 Å². The lowest BCUT2D eigenvalue weighted by Crippen LogP contribution is -1.96. The molecule has 0 amide bonds. The lowest BCUT2D eigenvalue weighted by atomic mass is 10.1. The van der Waals surface area contributed by atoms with Crippen LogP contribution in [-0.4, -0.2) is 4.98 Å². The number of hydrogen-bond donors (Lipinski definition) is 1. The summed E-state index contributed by atoms with van der Waals surface area (Å²) in [6, 6.07) is 17.9. The summed E-state index contributed by atoms with van der Waals surface area (Å²) < 4.78 is 0. The molecule has 2 nitrogen and oxygen atoms in total. The van der Waals surface area contributed by atoms with Crippen molar-refractivity contribution in [3.63, 3.8) is 0 Å². The summed E-state index contributed by atoms with van der Waals surface area (Å²) in [4.78, 5) is 4.66. The van der Waals surface area contributed by atoms with Gasteiger partial charge in [-0.15, -0.1) is 0 Å². The molecular formula is C17H15ClN2. The van der Waals surface area contributed by atoms with Gasteiger partial charge in [0.15, 0.2) is 0 Å². The van der Waals surface area contributed by atoms with E-state index in [1.165, 1.54) is 5.56 Å². The van der Waals surface area contributed by atoms with Crippen molar-refractivity contribution in [2.75, 3.05) is 5.73 Å². The van der Waals surface area contributed by atoms with Gasteiger partial charge in [-0.05, 0) is 48.7 Å². The molecular weight excluding hydrogens is 268 g/mol. The number of nitrogens with two attached hydrogens (primary N) is 1. The predicted octanol–water partition coefficient (Wildman–Crippen LogP) is 4.26. The molecule has 3 rings (SSSR count). The number of nitrogen functional groups attached to an aromatic ring is 1. The zero-order chi connectivity index (χ0) is 13.9. The van der Waals surface area contributed by atoms with Crippen LogP contribution < -0.4 is 5.73 Å². The van der Waals surface area contributed by atoms with Gasteiger partial charge in [-0.1, -0.05) is 35.9 Å². The molecule has 20 heavy (non-hydrogen) atoms. The first-order valence-corrected chi connectivity index (χ1v) is 6.98. The highest BCUT2D eigenvalue weighted by Gasteiger charge is 2.01. The van der Waals surface area contributed by atoms with E-state index in [9.17, 15) is 0 Å². The van der Waals surface area contributed by atoms with E-state index in [1.54, 1.807) is 0 Å². The van der Waals surface area contributed by atoms with Crippen LogP contribution in [0.1, 0.15) is 11.3 Å². The van der Waals surface area contributed by atoms with E-state index in [-0.39, 0.29) is 0 Å². The molecule has 0 aliphatic heterocycles. The lowest BCUT2D eigenvalue weighted by Gasteiger charge is -2.05. The largest absolute Gasteiger partial charge is 0.399 e. The molecule has 3 aromatic rings. The molecule has 100 valence electrons. The van der Waals surface area contributed by atoms with Crippen LogP contribution in [0, 0.1) is 0 Å². The van der Waals surface area contributed by atoms with E-state index in [0.717, 1.165) is 40.1 Å². The molecule has 1 aromatic heterocycles. The summed E-state index contributed by atoms with van der Waals surface area (Å²) in [5.41, 5.74) is 9.85. The average molecular weight is 283 g/mol. The molecule has 1 heterocycles. The van der Waals surface area contributed by atoms with Crippen molar-refractivity contribution in [1.82, 2.24) is 4.98 Å². The van der Waals surface area contributed by atoms with E-state index in [2.05, 4.69) is 23.2 Å². The molecule has 0 spiro atoms. The van der Waals surface area contributed by atoms with Crippen molar-refractivity contribution in [2.45, 2.75) is 12.8 Å². The van der Waals surface area contributed by atoms with Gasteiger partial charge >= 0.3 is 0 Å². The van der Waals surface area contributed by atoms with E-state index >= 15 is 0 Å². The van der Waals surface area contributed by atoms with Gasteiger partial charge in [0.05, 0.1) is 5.52 Å². The molecule has 0 fully saturated rings. The number of rotatable bonds is 3. The Morgan fingerprint density at radius 1 is 0.950 bits per heavy atom. The Morgan fingerprint density at radius 3 is 2.65 bits per heavy atom. The first-order chi connectivity index (χ1) is 9.70. The van der Waals surface area contributed by atoms with Crippen molar-refractivity contribution in [3.8, 4) is 0 Å². The van der Waals surface area contributed by atoms with Crippen LogP contribution >= 0.6 is 11.6 Å². The van der Waals surface area contributed by atoms with Gasteiger partial charge in [-0.3, -0.25) is 4.98 Å². The van der Waals surface area contributed by atoms with Crippen LogP contribution in [0.15, 0.2) is 54.6 Å². The summed E-state index contributed by atoms with van der Waals surface area (Å²) >= 11 is 6.01. The fourth-order valence-electron chi connectivity index (χ4n) is 2.29. The lowest BCUT2D eigenvalue weighted by molar-refractivity contribution is 0.923. The maximum Gasteiger partial charge on any atom is 0.0720 e. The normalized spacial score (nSPS) is 10.8. The summed E-state index contributed by atoms with van der Waals surface area (Å²) in [7, 11) is 0. The van der Waals surface area contributed by atoms with Crippen LogP contribution in [0.5, 0.6) is 0 Å². The molecule has 0 aliphatic rings. The minimum atomic E-state index is 0.720. The summed E-state index contributed by atoms with van der Waals surface area (Å²) in [5, 5.41) is 1.83. The maximum absolute atomic E-state index is 6.01. The van der Waals surface area contributed by atoms with Crippen LogP contribution in [0.3, 0.4) is 0 Å². The standard InChI is InChI=1S/C17H15ClN2/c18-14-7-5-13-6-9-16(20-17(13)11-14)8-4-12-2-1-3-15(19)10-12/h1-3,5-7,9-11H,4,8,19H2. The second-order valence-corrected chi connectivity index (χ2v) is 5.32. The Morgan fingerprint density at radius 2 is 1.80 bits per heavy atom. The third kappa shape index (κ3) is 2.91. The fraction of sp³-hybridized carbons (Fsp3) is 0.118. The SMILES string of the molecule is Nc1cccc(CCc2ccc3ccc(Cl)cc3n2)c1. The second kappa shape index (κ2) is 5.51. The predicted molar refractivity (Wildman–Crippen MR) is 85.0 cm³/mol. The number of aryl methyl sites for hydroxylation is 2. The third-order valence-corrected chi connectivity index (χ3v) is 3.57. The van der Waals surface area contributed by atoms with Crippen molar-refractivity contribution in [3.05, 3.63) is 70.9 Å². The maximum atomic E-state index is 6.01. The smallest absolute Gasteiger partial charge is 0.0720 e. The van der Waals surface area contributed by atoms with Gasteiger partial charge in [0.25, 0.3) is 0 Å². The van der Waals surface area contributed by atoms with E-state index in [4.69, 9.17) is 17.3 Å². The Hall–Kier alpha value is -2.06. The summed E-state index contributed by atoms with van der Waals surface area (Å²) in [6.45, 7) is 0. The Bertz CT molecular complexity index is 753. The van der Waals surface area contributed by atoms with E-state index in [0.29, 0.717) is 0 Å².